The van der Waals surface area contributed by atoms with Crippen LogP contribution in [0.15, 0.2) is 30.3 Å². The number of benzene rings is 1. The molecule has 2 aliphatic rings. The van der Waals surface area contributed by atoms with Gasteiger partial charge in [-0.1, -0.05) is 30.3 Å². The maximum absolute atomic E-state index is 13.1. The van der Waals surface area contributed by atoms with Gasteiger partial charge >= 0.3 is 0 Å². The van der Waals surface area contributed by atoms with Crippen molar-refractivity contribution in [1.29, 1.82) is 0 Å². The van der Waals surface area contributed by atoms with E-state index < -0.39 is 6.17 Å². The Morgan fingerprint density at radius 2 is 1.90 bits per heavy atom. The van der Waals surface area contributed by atoms with Crippen molar-refractivity contribution in [2.45, 2.75) is 24.9 Å². The van der Waals surface area contributed by atoms with Crippen molar-refractivity contribution in [2.24, 2.45) is 0 Å². The lowest BCUT2D eigenvalue weighted by molar-refractivity contribution is 0.273. The summed E-state index contributed by atoms with van der Waals surface area (Å²) in [7, 11) is 0. The maximum Gasteiger partial charge on any atom is 0.224 e. The van der Waals surface area contributed by atoms with E-state index in [1.807, 2.05) is 23.1 Å². The van der Waals surface area contributed by atoms with Crippen molar-refractivity contribution >= 4 is 17.4 Å². The molecule has 1 aliphatic heterocycles. The SMILES string of the molecule is FC1CN(c2nc(Cl)nc3c2CCC3c2ccccc2)C1. The van der Waals surface area contributed by atoms with E-state index in [9.17, 15) is 4.39 Å². The zero-order valence-electron chi connectivity index (χ0n) is 11.5. The van der Waals surface area contributed by atoms with Gasteiger partial charge in [0.2, 0.25) is 5.28 Å². The van der Waals surface area contributed by atoms with Crippen LogP contribution in [0.25, 0.3) is 0 Å². The molecule has 1 aromatic heterocycles. The van der Waals surface area contributed by atoms with Crippen LogP contribution in [0.4, 0.5) is 10.2 Å². The Balaban J connectivity index is 1.75. The Labute approximate surface area is 127 Å². The molecule has 1 aromatic carbocycles. The summed E-state index contributed by atoms with van der Waals surface area (Å²) >= 11 is 6.10. The number of hydrogen-bond acceptors (Lipinski definition) is 3. The molecule has 21 heavy (non-hydrogen) atoms. The predicted octanol–water partition coefficient (Wildman–Crippen LogP) is 3.37. The van der Waals surface area contributed by atoms with Gasteiger partial charge < -0.3 is 4.90 Å². The predicted molar refractivity (Wildman–Crippen MR) is 80.8 cm³/mol. The molecule has 0 radical (unpaired) electrons. The molecule has 0 saturated carbocycles. The third-order valence-corrected chi connectivity index (χ3v) is 4.51. The standard InChI is InChI=1S/C16H15ClFN3/c17-16-19-14-12(10-4-2-1-3-5-10)6-7-13(14)15(20-16)21-8-11(18)9-21/h1-5,11-12H,6-9H2. The highest BCUT2D eigenvalue weighted by Gasteiger charge is 2.35. The summed E-state index contributed by atoms with van der Waals surface area (Å²) in [6, 6.07) is 10.3. The van der Waals surface area contributed by atoms with E-state index in [1.54, 1.807) is 0 Å². The smallest absolute Gasteiger partial charge is 0.224 e. The first-order valence-electron chi connectivity index (χ1n) is 7.22. The second kappa shape index (κ2) is 4.95. The molecule has 1 unspecified atom stereocenters. The summed E-state index contributed by atoms with van der Waals surface area (Å²) in [6.45, 7) is 0.825. The molecule has 1 fully saturated rings. The molecule has 108 valence electrons. The summed E-state index contributed by atoms with van der Waals surface area (Å²) in [5.74, 6) is 1.10. The Bertz CT molecular complexity index is 671. The molecule has 1 atom stereocenters. The number of aromatic nitrogens is 2. The van der Waals surface area contributed by atoms with Crippen LogP contribution in [0.2, 0.25) is 5.28 Å². The first kappa shape index (κ1) is 13.0. The Morgan fingerprint density at radius 3 is 2.62 bits per heavy atom. The van der Waals surface area contributed by atoms with Crippen LogP contribution in [0.5, 0.6) is 0 Å². The summed E-state index contributed by atoms with van der Waals surface area (Å²) in [4.78, 5) is 10.8. The van der Waals surface area contributed by atoms with Gasteiger partial charge in [-0.15, -0.1) is 0 Å². The van der Waals surface area contributed by atoms with E-state index >= 15 is 0 Å². The van der Waals surface area contributed by atoms with Crippen LogP contribution in [0, 0.1) is 0 Å². The minimum Gasteiger partial charge on any atom is -0.350 e. The molecule has 1 aliphatic carbocycles. The van der Waals surface area contributed by atoms with Crippen molar-refractivity contribution < 1.29 is 4.39 Å². The van der Waals surface area contributed by atoms with Crippen LogP contribution < -0.4 is 4.90 Å². The summed E-state index contributed by atoms with van der Waals surface area (Å²) in [5.41, 5.74) is 3.41. The van der Waals surface area contributed by atoms with E-state index in [2.05, 4.69) is 22.1 Å². The van der Waals surface area contributed by atoms with Crippen LogP contribution in [0.3, 0.4) is 0 Å². The van der Waals surface area contributed by atoms with E-state index in [-0.39, 0.29) is 11.2 Å². The maximum atomic E-state index is 13.1. The van der Waals surface area contributed by atoms with Crippen LogP contribution >= 0.6 is 11.6 Å². The molecule has 0 N–H and O–H groups in total. The monoisotopic (exact) mass is 303 g/mol. The molecule has 4 rings (SSSR count). The quantitative estimate of drug-likeness (QED) is 0.797. The van der Waals surface area contributed by atoms with E-state index in [0.717, 1.165) is 29.9 Å². The second-order valence-corrected chi connectivity index (χ2v) is 6.02. The lowest BCUT2D eigenvalue weighted by Crippen LogP contribution is -2.49. The third kappa shape index (κ3) is 2.18. The second-order valence-electron chi connectivity index (χ2n) is 5.68. The van der Waals surface area contributed by atoms with Crippen LogP contribution in [0.1, 0.15) is 29.2 Å². The lowest BCUT2D eigenvalue weighted by atomic mass is 9.97. The topological polar surface area (TPSA) is 29.0 Å². The number of halogens is 2. The van der Waals surface area contributed by atoms with Crippen molar-refractivity contribution in [2.75, 3.05) is 18.0 Å². The number of rotatable bonds is 2. The number of anilines is 1. The summed E-state index contributed by atoms with van der Waals surface area (Å²) < 4.78 is 13.1. The van der Waals surface area contributed by atoms with E-state index in [4.69, 9.17) is 11.6 Å². The molecule has 0 spiro atoms. The first-order chi connectivity index (χ1) is 10.2. The van der Waals surface area contributed by atoms with Crippen molar-refractivity contribution in [3.05, 3.63) is 52.4 Å². The highest BCUT2D eigenvalue weighted by Crippen LogP contribution is 2.41. The van der Waals surface area contributed by atoms with E-state index in [0.29, 0.717) is 13.1 Å². The number of alkyl halides is 1. The number of fused-ring (bicyclic) bond motifs is 1. The van der Waals surface area contributed by atoms with Gasteiger partial charge in [-0.2, -0.15) is 0 Å². The van der Waals surface area contributed by atoms with Gasteiger partial charge in [0.15, 0.2) is 0 Å². The average molecular weight is 304 g/mol. The largest absolute Gasteiger partial charge is 0.350 e. The highest BCUT2D eigenvalue weighted by molar-refractivity contribution is 6.28. The highest BCUT2D eigenvalue weighted by atomic mass is 35.5. The first-order valence-corrected chi connectivity index (χ1v) is 7.60. The normalized spacial score (nSPS) is 21.2. The summed E-state index contributed by atoms with van der Waals surface area (Å²) in [6.07, 6.45) is 1.18. The van der Waals surface area contributed by atoms with Crippen LogP contribution in [-0.4, -0.2) is 29.2 Å². The van der Waals surface area contributed by atoms with Gasteiger partial charge in [-0.3, -0.25) is 0 Å². The van der Waals surface area contributed by atoms with Crippen molar-refractivity contribution in [3.63, 3.8) is 0 Å². The van der Waals surface area contributed by atoms with Crippen molar-refractivity contribution in [3.8, 4) is 0 Å². The fourth-order valence-corrected chi connectivity index (χ4v) is 3.46. The van der Waals surface area contributed by atoms with Gasteiger partial charge in [0.05, 0.1) is 18.8 Å². The van der Waals surface area contributed by atoms with Gasteiger partial charge in [0.1, 0.15) is 12.0 Å². The molecule has 2 heterocycles. The molecule has 0 bridgehead atoms. The lowest BCUT2D eigenvalue weighted by Gasteiger charge is -2.36. The third-order valence-electron chi connectivity index (χ3n) is 4.34. The fraction of sp³-hybridized carbons (Fsp3) is 0.375. The molecule has 1 saturated heterocycles. The molecule has 2 aromatic rings. The van der Waals surface area contributed by atoms with E-state index in [1.165, 1.54) is 5.56 Å². The van der Waals surface area contributed by atoms with Gasteiger partial charge in [-0.05, 0) is 30.0 Å². The summed E-state index contributed by atoms with van der Waals surface area (Å²) in [5, 5.41) is 0.258. The van der Waals surface area contributed by atoms with Gasteiger partial charge in [-0.25, -0.2) is 14.4 Å². The Morgan fingerprint density at radius 1 is 1.14 bits per heavy atom. The zero-order chi connectivity index (χ0) is 14.4. The van der Waals surface area contributed by atoms with Gasteiger partial charge in [0.25, 0.3) is 0 Å². The molecular weight excluding hydrogens is 289 g/mol. The molecule has 0 amide bonds. The molecule has 5 heteroatoms. The minimum atomic E-state index is -0.749. The van der Waals surface area contributed by atoms with Crippen molar-refractivity contribution in [1.82, 2.24) is 9.97 Å². The Kier molecular flexibility index (Phi) is 3.07. The average Bonchev–Trinajstić information content (AvgIpc) is 2.88. The fourth-order valence-electron chi connectivity index (χ4n) is 3.28. The number of nitrogens with zero attached hydrogens (tertiary/aromatic N) is 3. The van der Waals surface area contributed by atoms with Crippen LogP contribution in [-0.2, 0) is 6.42 Å². The molecular formula is C16H15ClFN3. The molecule has 3 nitrogen and oxygen atoms in total. The van der Waals surface area contributed by atoms with Gasteiger partial charge in [0, 0.05) is 11.5 Å². The minimum absolute atomic E-state index is 0.258. The zero-order valence-corrected chi connectivity index (χ0v) is 12.2. The number of hydrogen-bond donors (Lipinski definition) is 0. The Hall–Kier alpha value is -1.68.